The van der Waals surface area contributed by atoms with Crippen molar-refractivity contribution in [2.24, 2.45) is 5.84 Å². The van der Waals surface area contributed by atoms with Gasteiger partial charge < -0.3 is 0 Å². The van der Waals surface area contributed by atoms with Crippen molar-refractivity contribution in [3.05, 3.63) is 66.8 Å². The molecule has 0 saturated carbocycles. The largest absolute Gasteiger partial charge is 0.271 e. The Labute approximate surface area is 142 Å². The van der Waals surface area contributed by atoms with Gasteiger partial charge in [0, 0.05) is 8.95 Å². The first-order chi connectivity index (χ1) is 9.52. The molecule has 106 valence electrons. The van der Waals surface area contributed by atoms with Crippen LogP contribution in [0.3, 0.4) is 0 Å². The summed E-state index contributed by atoms with van der Waals surface area (Å²) in [6, 6.07) is 10.8. The molecule has 0 radical (unpaired) electrons. The number of benzene rings is 2. The Kier molecular flexibility index (Phi) is 5.74. The number of nitrogens with two attached hydrogens (primary N) is 1. The van der Waals surface area contributed by atoms with Gasteiger partial charge in [0.15, 0.2) is 0 Å². The highest BCUT2D eigenvalue weighted by Gasteiger charge is 2.16. The smallest absolute Gasteiger partial charge is 0.137 e. The van der Waals surface area contributed by atoms with Crippen LogP contribution in [0.5, 0.6) is 0 Å². The average molecular weight is 467 g/mol. The second kappa shape index (κ2) is 7.13. The fraction of sp³-hybridized carbons (Fsp3) is 0.143. The van der Waals surface area contributed by atoms with E-state index in [1.165, 1.54) is 6.07 Å². The Morgan fingerprint density at radius 1 is 1.15 bits per heavy atom. The lowest BCUT2D eigenvalue weighted by atomic mass is 9.99. The zero-order valence-electron chi connectivity index (χ0n) is 10.3. The Balaban J connectivity index is 2.31. The predicted octanol–water partition coefficient (Wildman–Crippen LogP) is 4.86. The number of rotatable bonds is 4. The molecule has 0 amide bonds. The summed E-state index contributed by atoms with van der Waals surface area (Å²) in [5.41, 5.74) is 4.67. The minimum absolute atomic E-state index is 0.115. The van der Waals surface area contributed by atoms with Gasteiger partial charge >= 0.3 is 0 Å². The zero-order chi connectivity index (χ0) is 14.7. The fourth-order valence-electron chi connectivity index (χ4n) is 1.97. The molecule has 3 N–H and O–H groups in total. The highest BCUT2D eigenvalue weighted by Crippen LogP contribution is 2.30. The predicted molar refractivity (Wildman–Crippen MR) is 89.7 cm³/mol. The van der Waals surface area contributed by atoms with Crippen molar-refractivity contribution >= 4 is 47.8 Å². The van der Waals surface area contributed by atoms with Crippen molar-refractivity contribution in [1.29, 1.82) is 0 Å². The summed E-state index contributed by atoms with van der Waals surface area (Å²) in [4.78, 5) is 0. The van der Waals surface area contributed by atoms with E-state index in [0.29, 0.717) is 10.9 Å². The Morgan fingerprint density at radius 3 is 2.55 bits per heavy atom. The van der Waals surface area contributed by atoms with Crippen LogP contribution in [0.2, 0.25) is 0 Å². The van der Waals surface area contributed by atoms with Crippen LogP contribution < -0.4 is 11.3 Å². The summed E-state index contributed by atoms with van der Waals surface area (Å²) >= 11 is 10.2. The third-order valence-electron chi connectivity index (χ3n) is 2.99. The van der Waals surface area contributed by atoms with Gasteiger partial charge in [-0.15, -0.1) is 0 Å². The first-order valence-electron chi connectivity index (χ1n) is 5.87. The summed E-state index contributed by atoms with van der Waals surface area (Å²) in [6.45, 7) is 0. The Morgan fingerprint density at radius 2 is 1.90 bits per heavy atom. The van der Waals surface area contributed by atoms with Gasteiger partial charge in [-0.1, -0.05) is 50.1 Å². The molecular weight excluding hydrogens is 455 g/mol. The van der Waals surface area contributed by atoms with Gasteiger partial charge in [0.25, 0.3) is 0 Å². The molecule has 1 atom stereocenters. The summed E-state index contributed by atoms with van der Waals surface area (Å²) in [6.07, 6.45) is 0.578. The third kappa shape index (κ3) is 3.68. The Hall–Kier alpha value is -0.270. The number of hydrazine groups is 1. The molecule has 0 aliphatic carbocycles. The van der Waals surface area contributed by atoms with Crippen LogP contribution in [0.15, 0.2) is 49.8 Å². The highest BCUT2D eigenvalue weighted by atomic mass is 79.9. The maximum Gasteiger partial charge on any atom is 0.137 e. The summed E-state index contributed by atoms with van der Waals surface area (Å²) in [7, 11) is 0. The highest BCUT2D eigenvalue weighted by molar-refractivity contribution is 9.11. The second-order valence-corrected chi connectivity index (χ2v) is 6.87. The lowest BCUT2D eigenvalue weighted by molar-refractivity contribution is 0.544. The van der Waals surface area contributed by atoms with Gasteiger partial charge in [0.2, 0.25) is 0 Å². The molecule has 0 bridgehead atoms. The van der Waals surface area contributed by atoms with Gasteiger partial charge in [0.1, 0.15) is 5.82 Å². The van der Waals surface area contributed by atoms with Crippen LogP contribution in [-0.2, 0) is 6.42 Å². The van der Waals surface area contributed by atoms with Crippen molar-refractivity contribution in [3.63, 3.8) is 0 Å². The van der Waals surface area contributed by atoms with Crippen LogP contribution >= 0.6 is 47.8 Å². The lowest BCUT2D eigenvalue weighted by Gasteiger charge is -2.19. The van der Waals surface area contributed by atoms with E-state index in [2.05, 4.69) is 53.2 Å². The van der Waals surface area contributed by atoms with Crippen molar-refractivity contribution < 1.29 is 4.39 Å². The molecule has 0 aliphatic rings. The van der Waals surface area contributed by atoms with E-state index >= 15 is 0 Å². The van der Waals surface area contributed by atoms with Gasteiger partial charge in [-0.2, -0.15) is 0 Å². The zero-order valence-corrected chi connectivity index (χ0v) is 15.1. The molecule has 0 saturated heterocycles. The van der Waals surface area contributed by atoms with E-state index in [0.717, 1.165) is 20.1 Å². The molecule has 2 rings (SSSR count). The van der Waals surface area contributed by atoms with Gasteiger partial charge in [-0.3, -0.25) is 11.3 Å². The normalized spacial score (nSPS) is 12.4. The van der Waals surface area contributed by atoms with Crippen LogP contribution in [0.25, 0.3) is 0 Å². The summed E-state index contributed by atoms with van der Waals surface area (Å²) < 4.78 is 16.0. The van der Waals surface area contributed by atoms with Crippen molar-refractivity contribution in [2.45, 2.75) is 12.5 Å². The number of hydrogen-bond acceptors (Lipinski definition) is 2. The van der Waals surface area contributed by atoms with E-state index in [-0.39, 0.29) is 11.9 Å². The molecule has 1 unspecified atom stereocenters. The molecule has 2 nitrogen and oxygen atoms in total. The molecule has 20 heavy (non-hydrogen) atoms. The van der Waals surface area contributed by atoms with Crippen LogP contribution in [-0.4, -0.2) is 0 Å². The maximum atomic E-state index is 13.6. The first-order valence-corrected chi connectivity index (χ1v) is 8.24. The van der Waals surface area contributed by atoms with Crippen molar-refractivity contribution in [2.75, 3.05) is 0 Å². The van der Waals surface area contributed by atoms with Gasteiger partial charge in [0.05, 0.1) is 10.5 Å². The minimum Gasteiger partial charge on any atom is -0.271 e. The SMILES string of the molecule is NNC(Cc1cccc(F)c1Br)c1ccc(Br)cc1Br. The van der Waals surface area contributed by atoms with Crippen molar-refractivity contribution in [3.8, 4) is 0 Å². The third-order valence-corrected chi connectivity index (χ3v) is 5.06. The van der Waals surface area contributed by atoms with Crippen LogP contribution in [0.4, 0.5) is 4.39 Å². The Bertz CT molecular complexity index is 619. The molecule has 0 aliphatic heterocycles. The maximum absolute atomic E-state index is 13.6. The molecule has 0 fully saturated rings. The molecule has 6 heteroatoms. The van der Waals surface area contributed by atoms with Crippen LogP contribution in [0.1, 0.15) is 17.2 Å². The topological polar surface area (TPSA) is 38.0 Å². The first kappa shape index (κ1) is 16.1. The average Bonchev–Trinajstić information content (AvgIpc) is 2.41. The fourth-order valence-corrected chi connectivity index (χ4v) is 3.72. The molecule has 0 aromatic heterocycles. The van der Waals surface area contributed by atoms with E-state index in [1.54, 1.807) is 6.07 Å². The summed E-state index contributed by atoms with van der Waals surface area (Å²) in [5.74, 6) is 5.39. The number of hydrogen-bond donors (Lipinski definition) is 2. The van der Waals surface area contributed by atoms with Gasteiger partial charge in [-0.25, -0.2) is 4.39 Å². The monoisotopic (exact) mass is 464 g/mol. The van der Waals surface area contributed by atoms with E-state index in [1.807, 2.05) is 24.3 Å². The quantitative estimate of drug-likeness (QED) is 0.499. The second-order valence-electron chi connectivity index (χ2n) is 4.30. The molecular formula is C14H12Br3FN2. The summed E-state index contributed by atoms with van der Waals surface area (Å²) in [5, 5.41) is 0. The molecule has 0 heterocycles. The van der Waals surface area contributed by atoms with E-state index < -0.39 is 0 Å². The minimum atomic E-state index is -0.270. The van der Waals surface area contributed by atoms with Crippen LogP contribution in [0, 0.1) is 5.82 Å². The van der Waals surface area contributed by atoms with E-state index in [9.17, 15) is 4.39 Å². The standard InChI is InChI=1S/C14H12Br3FN2/c15-9-4-5-10(11(16)7-9)13(20-19)6-8-2-1-3-12(18)14(8)17/h1-5,7,13,20H,6,19H2. The van der Waals surface area contributed by atoms with Crippen molar-refractivity contribution in [1.82, 2.24) is 5.43 Å². The van der Waals surface area contributed by atoms with Gasteiger partial charge in [-0.05, 0) is 51.7 Å². The van der Waals surface area contributed by atoms with E-state index in [4.69, 9.17) is 5.84 Å². The lowest BCUT2D eigenvalue weighted by Crippen LogP contribution is -2.30. The number of nitrogens with one attached hydrogen (secondary N) is 1. The molecule has 2 aromatic rings. The number of halogens is 4. The molecule has 2 aromatic carbocycles. The molecule has 0 spiro atoms.